The molecule has 2 aromatic rings. The molecule has 1 N–H and O–H groups in total. The number of benzene rings is 2. The molecular weight excluding hydrogens is 493 g/mol. The van der Waals surface area contributed by atoms with E-state index in [2.05, 4.69) is 109 Å². The summed E-state index contributed by atoms with van der Waals surface area (Å²) in [6.07, 6.45) is 0.991. The molecule has 2 aromatic carbocycles. The molecule has 0 aromatic heterocycles. The smallest absolute Gasteiger partial charge is 0.0372 e. The summed E-state index contributed by atoms with van der Waals surface area (Å²) in [5.41, 5.74) is 2.65. The van der Waals surface area contributed by atoms with Crippen molar-refractivity contribution in [2.45, 2.75) is 19.4 Å². The van der Waals surface area contributed by atoms with Crippen molar-refractivity contribution in [3.8, 4) is 0 Å². The molecule has 4 heteroatoms. The van der Waals surface area contributed by atoms with E-state index in [-0.39, 0.29) is 0 Å². The summed E-state index contributed by atoms with van der Waals surface area (Å²) in [4.78, 5) is 0. The van der Waals surface area contributed by atoms with Crippen molar-refractivity contribution in [1.82, 2.24) is 5.32 Å². The Bertz CT molecular complexity index is 569. The highest BCUT2D eigenvalue weighted by Gasteiger charge is 2.14. The summed E-state index contributed by atoms with van der Waals surface area (Å²) in [5, 5.41) is 3.58. The number of nitrogens with one attached hydrogen (secondary N) is 1. The largest absolute Gasteiger partial charge is 0.310 e. The van der Waals surface area contributed by atoms with Crippen molar-refractivity contribution in [3.05, 3.63) is 66.1 Å². The van der Waals surface area contributed by atoms with Gasteiger partial charge in [0.05, 0.1) is 0 Å². The van der Waals surface area contributed by atoms with Crippen LogP contribution in [0, 0.1) is 3.57 Å². The fraction of sp³-hybridized carbons (Fsp3) is 0.250. The highest BCUT2D eigenvalue weighted by atomic mass is 127. The van der Waals surface area contributed by atoms with Crippen LogP contribution in [0.4, 0.5) is 0 Å². The minimum absolute atomic E-state index is 0.322. The van der Waals surface area contributed by atoms with Gasteiger partial charge in [-0.25, -0.2) is 0 Å². The van der Waals surface area contributed by atoms with Gasteiger partial charge >= 0.3 is 0 Å². The van der Waals surface area contributed by atoms with E-state index >= 15 is 0 Å². The third-order valence-electron chi connectivity index (χ3n) is 3.14. The number of hydrogen-bond donors (Lipinski definition) is 1. The topological polar surface area (TPSA) is 12.0 Å². The Hall–Kier alpha value is 0.0900. The van der Waals surface area contributed by atoms with Gasteiger partial charge in [0.15, 0.2) is 0 Å². The SMILES string of the molecule is CCNC(Cc1ccc(I)cc1)c1ccc(Br)cc1Br. The van der Waals surface area contributed by atoms with Crippen LogP contribution < -0.4 is 5.32 Å². The van der Waals surface area contributed by atoms with Gasteiger partial charge in [0, 0.05) is 18.6 Å². The Kier molecular flexibility index (Phi) is 6.52. The van der Waals surface area contributed by atoms with Gasteiger partial charge in [-0.1, -0.05) is 57.0 Å². The zero-order valence-electron chi connectivity index (χ0n) is 11.2. The molecule has 20 heavy (non-hydrogen) atoms. The first kappa shape index (κ1) is 16.5. The predicted molar refractivity (Wildman–Crippen MR) is 101 cm³/mol. The molecule has 0 aliphatic carbocycles. The molecular formula is C16H16Br2IN. The lowest BCUT2D eigenvalue weighted by Gasteiger charge is -2.20. The summed E-state index contributed by atoms with van der Waals surface area (Å²) in [7, 11) is 0. The summed E-state index contributed by atoms with van der Waals surface area (Å²) < 4.78 is 3.51. The van der Waals surface area contributed by atoms with E-state index in [1.54, 1.807) is 0 Å². The van der Waals surface area contributed by atoms with Gasteiger partial charge in [0.2, 0.25) is 0 Å². The van der Waals surface area contributed by atoms with E-state index in [1.807, 2.05) is 0 Å². The average Bonchev–Trinajstić information content (AvgIpc) is 2.41. The van der Waals surface area contributed by atoms with Crippen LogP contribution in [0.3, 0.4) is 0 Å². The Balaban J connectivity index is 2.24. The second-order valence-electron chi connectivity index (χ2n) is 4.61. The maximum Gasteiger partial charge on any atom is 0.0372 e. The van der Waals surface area contributed by atoms with Gasteiger partial charge in [-0.2, -0.15) is 0 Å². The zero-order valence-corrected chi connectivity index (χ0v) is 16.5. The molecule has 1 nitrogen and oxygen atoms in total. The maximum atomic E-state index is 3.67. The average molecular weight is 509 g/mol. The first-order valence-corrected chi connectivity index (χ1v) is 9.19. The molecule has 1 atom stereocenters. The van der Waals surface area contributed by atoms with Gasteiger partial charge in [0.25, 0.3) is 0 Å². The van der Waals surface area contributed by atoms with Gasteiger partial charge < -0.3 is 5.32 Å². The van der Waals surface area contributed by atoms with Crippen molar-refractivity contribution in [2.24, 2.45) is 0 Å². The lowest BCUT2D eigenvalue weighted by Crippen LogP contribution is -2.23. The highest BCUT2D eigenvalue weighted by Crippen LogP contribution is 2.29. The minimum Gasteiger partial charge on any atom is -0.310 e. The lowest BCUT2D eigenvalue weighted by atomic mass is 9.99. The third kappa shape index (κ3) is 4.55. The summed E-state index contributed by atoms with van der Waals surface area (Å²) >= 11 is 9.52. The lowest BCUT2D eigenvalue weighted by molar-refractivity contribution is 0.548. The Labute approximate surface area is 150 Å². The summed E-state index contributed by atoms with van der Waals surface area (Å²) in [6.45, 7) is 3.10. The van der Waals surface area contributed by atoms with E-state index in [4.69, 9.17) is 0 Å². The van der Waals surface area contributed by atoms with E-state index < -0.39 is 0 Å². The molecule has 0 spiro atoms. The molecule has 0 heterocycles. The number of halogens is 3. The minimum atomic E-state index is 0.322. The van der Waals surface area contributed by atoms with E-state index in [0.29, 0.717) is 6.04 Å². The molecule has 0 radical (unpaired) electrons. The molecule has 0 saturated heterocycles. The van der Waals surface area contributed by atoms with Crippen molar-refractivity contribution < 1.29 is 0 Å². The quantitative estimate of drug-likeness (QED) is 0.510. The standard InChI is InChI=1S/C16H16Br2IN/c1-2-20-16(9-11-3-6-13(19)7-4-11)14-8-5-12(17)10-15(14)18/h3-8,10,16,20H,2,9H2,1H3. The van der Waals surface area contributed by atoms with Crippen molar-refractivity contribution in [3.63, 3.8) is 0 Å². The first-order chi connectivity index (χ1) is 9.60. The normalized spacial score (nSPS) is 12.4. The summed E-state index contributed by atoms with van der Waals surface area (Å²) in [6, 6.07) is 15.4. The van der Waals surface area contributed by atoms with Gasteiger partial charge in [-0.15, -0.1) is 0 Å². The third-order valence-corrected chi connectivity index (χ3v) is 5.04. The highest BCUT2D eigenvalue weighted by molar-refractivity contribution is 14.1. The van der Waals surface area contributed by atoms with Crippen LogP contribution in [0.5, 0.6) is 0 Å². The van der Waals surface area contributed by atoms with Crippen molar-refractivity contribution in [2.75, 3.05) is 6.54 Å². The van der Waals surface area contributed by atoms with E-state index in [1.165, 1.54) is 14.7 Å². The predicted octanol–water partition coefficient (Wildman–Crippen LogP) is 5.71. The molecule has 2 rings (SSSR count). The van der Waals surface area contributed by atoms with Crippen LogP contribution in [0.25, 0.3) is 0 Å². The van der Waals surface area contributed by atoms with Crippen molar-refractivity contribution in [1.29, 1.82) is 0 Å². The molecule has 106 valence electrons. The van der Waals surface area contributed by atoms with Crippen LogP contribution >= 0.6 is 54.5 Å². The summed E-state index contributed by atoms with van der Waals surface area (Å²) in [5.74, 6) is 0. The molecule has 0 bridgehead atoms. The number of rotatable bonds is 5. The van der Waals surface area contributed by atoms with Crippen LogP contribution in [0.2, 0.25) is 0 Å². The monoisotopic (exact) mass is 507 g/mol. The molecule has 0 fully saturated rings. The van der Waals surface area contributed by atoms with Crippen molar-refractivity contribution >= 4 is 54.5 Å². The number of hydrogen-bond acceptors (Lipinski definition) is 1. The van der Waals surface area contributed by atoms with Gasteiger partial charge in [0.1, 0.15) is 0 Å². The second kappa shape index (κ2) is 7.92. The van der Waals surface area contributed by atoms with E-state index in [9.17, 15) is 0 Å². The van der Waals surface area contributed by atoms with Gasteiger partial charge in [-0.3, -0.25) is 0 Å². The maximum absolute atomic E-state index is 3.67. The molecule has 1 unspecified atom stereocenters. The van der Waals surface area contributed by atoms with Gasteiger partial charge in [-0.05, 0) is 70.9 Å². The fourth-order valence-corrected chi connectivity index (χ4v) is 3.86. The Morgan fingerprint density at radius 2 is 1.80 bits per heavy atom. The van der Waals surface area contributed by atoms with Crippen LogP contribution in [0.15, 0.2) is 51.4 Å². The molecule has 0 aliphatic rings. The van der Waals surface area contributed by atoms with Crippen LogP contribution in [0.1, 0.15) is 24.1 Å². The van der Waals surface area contributed by atoms with E-state index in [0.717, 1.165) is 21.9 Å². The van der Waals surface area contributed by atoms with Crippen LogP contribution in [-0.2, 0) is 6.42 Å². The number of likely N-dealkylation sites (N-methyl/N-ethyl adjacent to an activating group) is 1. The fourth-order valence-electron chi connectivity index (χ4n) is 2.18. The molecule has 0 saturated carbocycles. The Morgan fingerprint density at radius 3 is 2.40 bits per heavy atom. The molecule has 0 amide bonds. The first-order valence-electron chi connectivity index (χ1n) is 6.53. The molecule has 0 aliphatic heterocycles. The Morgan fingerprint density at radius 1 is 1.10 bits per heavy atom. The zero-order chi connectivity index (χ0) is 14.5. The van der Waals surface area contributed by atoms with Crippen LogP contribution in [-0.4, -0.2) is 6.54 Å². The second-order valence-corrected chi connectivity index (χ2v) is 7.62.